The minimum Gasteiger partial charge on any atom is -0.465 e. The van der Waals surface area contributed by atoms with Crippen LogP contribution in [0.1, 0.15) is 46.8 Å². The molecular weight excluding hydrogens is 347 g/mol. The van der Waals surface area contributed by atoms with E-state index < -0.39 is 11.9 Å². The summed E-state index contributed by atoms with van der Waals surface area (Å²) in [4.78, 5) is 25.8. The molecule has 0 radical (unpaired) electrons. The van der Waals surface area contributed by atoms with Gasteiger partial charge in [0, 0.05) is 5.56 Å². The maximum atomic E-state index is 13.2. The second kappa shape index (κ2) is 10.7. The number of esters is 1. The van der Waals surface area contributed by atoms with Gasteiger partial charge in [0.1, 0.15) is 5.92 Å². The first-order valence-corrected chi connectivity index (χ1v) is 9.10. The Morgan fingerprint density at radius 2 is 1.46 bits per heavy atom. The number of rotatable bonds is 6. The number of carbonyl (C=O) groups excluding carboxylic acids is 2. The van der Waals surface area contributed by atoms with Gasteiger partial charge in [0.15, 0.2) is 5.78 Å². The average molecular weight is 374 g/mol. The van der Waals surface area contributed by atoms with Crippen molar-refractivity contribution in [1.29, 1.82) is 0 Å². The first-order valence-electron chi connectivity index (χ1n) is 8.52. The zero-order valence-corrected chi connectivity index (χ0v) is 17.2. The van der Waals surface area contributed by atoms with Crippen LogP contribution in [-0.4, -0.2) is 18.4 Å². The number of benzene rings is 2. The third-order valence-corrected chi connectivity index (χ3v) is 3.92. The largest absolute Gasteiger partial charge is 0.465 e. The van der Waals surface area contributed by atoms with Crippen molar-refractivity contribution >= 4 is 20.9 Å². The normalized spacial score (nSPS) is 11.4. The molecule has 2 rings (SSSR count). The monoisotopic (exact) mass is 374 g/mol. The van der Waals surface area contributed by atoms with E-state index in [1.54, 1.807) is 12.1 Å². The van der Waals surface area contributed by atoms with E-state index in [1.807, 2.05) is 64.1 Å². The number of hydrogen-bond acceptors (Lipinski definition) is 4. The Bertz CT molecular complexity index is 721. The summed E-state index contributed by atoms with van der Waals surface area (Å²) >= 11 is 0. The van der Waals surface area contributed by atoms with E-state index in [-0.39, 0.29) is 11.7 Å². The van der Waals surface area contributed by atoms with Gasteiger partial charge < -0.3 is 9.30 Å². The summed E-state index contributed by atoms with van der Waals surface area (Å²) in [6.07, 6.45) is 0. The van der Waals surface area contributed by atoms with Crippen molar-refractivity contribution < 1.29 is 18.9 Å². The molecule has 0 aliphatic carbocycles. The molecule has 0 N–H and O–H groups in total. The van der Waals surface area contributed by atoms with Gasteiger partial charge in [0.05, 0.1) is 15.7 Å². The van der Waals surface area contributed by atoms with Gasteiger partial charge >= 0.3 is 5.97 Å². The predicted molar refractivity (Wildman–Crippen MR) is 107 cm³/mol. The lowest BCUT2D eigenvalue weighted by molar-refractivity contribution is -0.145. The Labute approximate surface area is 157 Å². The lowest BCUT2D eigenvalue weighted by Crippen LogP contribution is -2.26. The lowest BCUT2D eigenvalue weighted by atomic mass is 9.87. The van der Waals surface area contributed by atoms with Crippen molar-refractivity contribution in [2.45, 2.75) is 33.6 Å². The first kappa shape index (κ1) is 21.9. The van der Waals surface area contributed by atoms with Crippen molar-refractivity contribution in [3.8, 4) is 0 Å². The summed E-state index contributed by atoms with van der Waals surface area (Å²) < 4.78 is 13.7. The molecule has 2 aromatic carbocycles. The number of carbonyl (C=O) groups is 2. The van der Waals surface area contributed by atoms with Crippen molar-refractivity contribution in [2.75, 3.05) is 6.61 Å². The molecule has 0 aromatic heterocycles. The van der Waals surface area contributed by atoms with Crippen molar-refractivity contribution in [2.24, 2.45) is 5.92 Å². The first-order chi connectivity index (χ1) is 12.4. The highest BCUT2D eigenvalue weighted by molar-refractivity contribution is 7.00. The summed E-state index contributed by atoms with van der Waals surface area (Å²) in [5.74, 6) is -1.39. The topological polar surface area (TPSA) is 60.4 Å². The van der Waals surface area contributed by atoms with Crippen LogP contribution in [0.25, 0.3) is 0 Å². The van der Waals surface area contributed by atoms with E-state index in [2.05, 4.69) is 0 Å². The Kier molecular flexibility index (Phi) is 9.01. The van der Waals surface area contributed by atoms with Crippen molar-refractivity contribution in [3.05, 3.63) is 70.8 Å². The predicted octanol–water partition coefficient (Wildman–Crippen LogP) is 4.41. The SMILES string of the molecule is Cc1cccc(C)c1C(=O)C(C(=O)OCC(C)C)c1ccccc1.O=[PH3]. The zero-order chi connectivity index (χ0) is 19.7. The van der Waals surface area contributed by atoms with Gasteiger partial charge in [0.25, 0.3) is 0 Å². The van der Waals surface area contributed by atoms with Crippen molar-refractivity contribution in [3.63, 3.8) is 0 Å². The molecule has 2 aromatic rings. The molecule has 0 saturated heterocycles. The van der Waals surface area contributed by atoms with Crippen LogP contribution in [0, 0.1) is 19.8 Å². The second-order valence-corrected chi connectivity index (χ2v) is 6.50. The molecule has 0 aliphatic heterocycles. The third kappa shape index (κ3) is 5.67. The molecule has 140 valence electrons. The molecule has 5 heteroatoms. The Hall–Kier alpha value is -2.19. The van der Waals surface area contributed by atoms with E-state index in [1.165, 1.54) is 0 Å². The summed E-state index contributed by atoms with van der Waals surface area (Å²) in [6, 6.07) is 14.8. The van der Waals surface area contributed by atoms with Crippen LogP contribution in [0.3, 0.4) is 0 Å². The molecule has 0 fully saturated rings. The van der Waals surface area contributed by atoms with Gasteiger partial charge in [0.2, 0.25) is 0 Å². The summed E-state index contributed by atoms with van der Waals surface area (Å²) in [5.41, 5.74) is 3.02. The fourth-order valence-electron chi connectivity index (χ4n) is 2.72. The van der Waals surface area contributed by atoms with Crippen LogP contribution in [0.5, 0.6) is 0 Å². The number of Topliss-reactive ketones (excluding diaryl/α,β-unsaturated/α-hetero) is 1. The van der Waals surface area contributed by atoms with Gasteiger partial charge in [-0.3, -0.25) is 9.59 Å². The Balaban J connectivity index is 0.00000163. The average Bonchev–Trinajstić information content (AvgIpc) is 2.62. The fourth-order valence-corrected chi connectivity index (χ4v) is 2.72. The van der Waals surface area contributed by atoms with Crippen LogP contribution >= 0.6 is 9.12 Å². The van der Waals surface area contributed by atoms with Crippen LogP contribution in [0.15, 0.2) is 48.5 Å². The molecule has 2 unspecified atom stereocenters. The highest BCUT2D eigenvalue weighted by Crippen LogP contribution is 2.26. The Morgan fingerprint density at radius 3 is 1.96 bits per heavy atom. The maximum Gasteiger partial charge on any atom is 0.321 e. The van der Waals surface area contributed by atoms with Gasteiger partial charge in [-0.1, -0.05) is 62.4 Å². The number of ether oxygens (including phenoxy) is 1. The third-order valence-electron chi connectivity index (χ3n) is 3.92. The molecule has 0 spiro atoms. The zero-order valence-electron chi connectivity index (χ0n) is 15.8. The molecule has 0 heterocycles. The molecular formula is C21H27O4P. The number of hydrogen-bond donors (Lipinski definition) is 0. The highest BCUT2D eigenvalue weighted by atomic mass is 31.0. The summed E-state index contributed by atoms with van der Waals surface area (Å²) in [7, 11) is 0.611. The fraction of sp³-hybridized carbons (Fsp3) is 0.333. The van der Waals surface area contributed by atoms with E-state index in [0.29, 0.717) is 26.9 Å². The summed E-state index contributed by atoms with van der Waals surface area (Å²) in [5, 5.41) is 0. The highest BCUT2D eigenvalue weighted by Gasteiger charge is 2.32. The summed E-state index contributed by atoms with van der Waals surface area (Å²) in [6.45, 7) is 8.03. The second-order valence-electron chi connectivity index (χ2n) is 6.50. The quantitative estimate of drug-likeness (QED) is 0.325. The minimum absolute atomic E-state index is 0.203. The molecule has 0 aliphatic rings. The molecule has 0 amide bonds. The number of ketones is 1. The molecule has 2 atom stereocenters. The lowest BCUT2D eigenvalue weighted by Gasteiger charge is -2.18. The molecule has 0 bridgehead atoms. The molecule has 0 saturated carbocycles. The van der Waals surface area contributed by atoms with E-state index in [9.17, 15) is 9.59 Å². The molecule has 4 nitrogen and oxygen atoms in total. The van der Waals surface area contributed by atoms with Gasteiger partial charge in [-0.2, -0.15) is 0 Å². The Morgan fingerprint density at radius 1 is 0.923 bits per heavy atom. The molecule has 26 heavy (non-hydrogen) atoms. The van der Waals surface area contributed by atoms with Gasteiger partial charge in [-0.15, -0.1) is 0 Å². The minimum atomic E-state index is -0.926. The van der Waals surface area contributed by atoms with E-state index in [4.69, 9.17) is 9.30 Å². The maximum absolute atomic E-state index is 13.2. The standard InChI is InChI=1S/C21H24O3.H3OP/c1-14(2)13-24-21(23)19(17-11-6-5-7-12-17)20(22)18-15(3)9-8-10-16(18)4;1-2/h5-12,14,19H,13H2,1-4H3;2H3. The van der Waals surface area contributed by atoms with E-state index >= 15 is 0 Å². The van der Waals surface area contributed by atoms with Gasteiger partial charge in [-0.05, 0) is 36.5 Å². The van der Waals surface area contributed by atoms with Crippen LogP contribution in [0.2, 0.25) is 0 Å². The number of aryl methyl sites for hydroxylation is 2. The van der Waals surface area contributed by atoms with Crippen molar-refractivity contribution in [1.82, 2.24) is 0 Å². The van der Waals surface area contributed by atoms with Crippen LogP contribution in [0.4, 0.5) is 0 Å². The smallest absolute Gasteiger partial charge is 0.321 e. The van der Waals surface area contributed by atoms with Crippen LogP contribution in [-0.2, 0) is 14.1 Å². The van der Waals surface area contributed by atoms with Gasteiger partial charge in [-0.25, -0.2) is 0 Å². The van der Waals surface area contributed by atoms with E-state index in [0.717, 1.165) is 11.1 Å². The van der Waals surface area contributed by atoms with Crippen LogP contribution < -0.4 is 0 Å².